The predicted molar refractivity (Wildman–Crippen MR) is 110 cm³/mol. The minimum atomic E-state index is -4.57. The highest BCUT2D eigenvalue weighted by atomic mass is 35.5. The summed E-state index contributed by atoms with van der Waals surface area (Å²) < 4.78 is 38.6. The molecule has 6 N–H and O–H groups in total. The fourth-order valence-corrected chi connectivity index (χ4v) is 2.82. The number of nitrogens with two attached hydrogens (primary N) is 1. The molecule has 0 aliphatic rings. The molecule has 3 rings (SSSR count). The molecule has 3 amide bonds. The number of nitrogens with zero attached hydrogens (tertiary/aromatic N) is 1. The van der Waals surface area contributed by atoms with Crippen LogP contribution in [-0.4, -0.2) is 22.1 Å². The highest BCUT2D eigenvalue weighted by molar-refractivity contribution is 6.33. The molecule has 1 aromatic heterocycles. The van der Waals surface area contributed by atoms with E-state index >= 15 is 0 Å². The number of aromatic amines is 1. The molecule has 0 aliphatic heterocycles. The normalized spacial score (nSPS) is 11.1. The first-order valence-electron chi connectivity index (χ1n) is 8.74. The van der Waals surface area contributed by atoms with E-state index in [1.165, 1.54) is 6.20 Å². The van der Waals surface area contributed by atoms with Gasteiger partial charge in [0.25, 0.3) is 5.91 Å². The zero-order valence-electron chi connectivity index (χ0n) is 15.7. The number of nitrogens with one attached hydrogen (secondary N) is 4. The number of urea groups is 1. The van der Waals surface area contributed by atoms with Crippen molar-refractivity contribution in [3.63, 3.8) is 0 Å². The molecule has 0 aliphatic carbocycles. The van der Waals surface area contributed by atoms with Crippen LogP contribution in [0.5, 0.6) is 0 Å². The highest BCUT2D eigenvalue weighted by Gasteiger charge is 2.31. The number of benzene rings is 2. The van der Waals surface area contributed by atoms with Gasteiger partial charge in [0.1, 0.15) is 0 Å². The molecule has 0 saturated carbocycles. The van der Waals surface area contributed by atoms with Gasteiger partial charge in [-0.15, -0.1) is 0 Å². The molecule has 12 heteroatoms. The minimum Gasteiger partial charge on any atom is -0.378 e. The van der Waals surface area contributed by atoms with Crippen LogP contribution in [0.15, 0.2) is 48.7 Å². The standard InChI is InChI=1S/C19H16ClF3N6O2/c20-13-5-4-11(19(21,22)23)7-14(13)28-18(31)27-12-3-1-2-10(6-12)8-25-15-9-26-29-16(15)17(24)30/h1-7,9,25H,8H2,(H2,24,30)(H,26,29)(H2,27,28,31). The Morgan fingerprint density at radius 1 is 1.10 bits per heavy atom. The molecular weight excluding hydrogens is 437 g/mol. The van der Waals surface area contributed by atoms with Gasteiger partial charge in [-0.25, -0.2) is 4.79 Å². The van der Waals surface area contributed by atoms with Crippen molar-refractivity contribution in [1.29, 1.82) is 0 Å². The number of halogens is 4. The Kier molecular flexibility index (Phi) is 6.35. The zero-order chi connectivity index (χ0) is 22.6. The van der Waals surface area contributed by atoms with Crippen LogP contribution in [-0.2, 0) is 12.7 Å². The quantitative estimate of drug-likeness (QED) is 0.379. The molecule has 2 aromatic carbocycles. The summed E-state index contributed by atoms with van der Waals surface area (Å²) in [6, 6.07) is 8.56. The molecule has 0 spiro atoms. The van der Waals surface area contributed by atoms with Crippen molar-refractivity contribution in [3.8, 4) is 0 Å². The molecule has 1 heterocycles. The third-order valence-corrected chi connectivity index (χ3v) is 4.41. The first-order chi connectivity index (χ1) is 14.6. The number of amides is 3. The maximum Gasteiger partial charge on any atom is 0.416 e. The van der Waals surface area contributed by atoms with Crippen molar-refractivity contribution in [2.24, 2.45) is 5.73 Å². The number of carbonyl (C=O) groups is 2. The summed E-state index contributed by atoms with van der Waals surface area (Å²) >= 11 is 5.89. The largest absolute Gasteiger partial charge is 0.416 e. The predicted octanol–water partition coefficient (Wildman–Crippen LogP) is 4.44. The number of alkyl halides is 3. The molecule has 0 radical (unpaired) electrons. The van der Waals surface area contributed by atoms with E-state index in [2.05, 4.69) is 26.1 Å². The maximum atomic E-state index is 12.9. The minimum absolute atomic E-state index is 0.0357. The summed E-state index contributed by atoms with van der Waals surface area (Å²) in [5.74, 6) is -0.691. The topological polar surface area (TPSA) is 125 Å². The van der Waals surface area contributed by atoms with Gasteiger partial charge in [0, 0.05) is 18.4 Å². The maximum absolute atomic E-state index is 12.9. The van der Waals surface area contributed by atoms with E-state index in [1.54, 1.807) is 24.3 Å². The van der Waals surface area contributed by atoms with Gasteiger partial charge in [0.2, 0.25) is 0 Å². The lowest BCUT2D eigenvalue weighted by molar-refractivity contribution is -0.137. The molecule has 8 nitrogen and oxygen atoms in total. The van der Waals surface area contributed by atoms with Crippen molar-refractivity contribution >= 4 is 40.6 Å². The first kappa shape index (κ1) is 22.0. The van der Waals surface area contributed by atoms with Crippen molar-refractivity contribution in [2.45, 2.75) is 12.7 Å². The number of anilines is 3. The summed E-state index contributed by atoms with van der Waals surface area (Å²) in [5.41, 5.74) is 5.73. The van der Waals surface area contributed by atoms with E-state index in [1.807, 2.05) is 0 Å². The third-order valence-electron chi connectivity index (χ3n) is 4.08. The molecule has 0 atom stereocenters. The second-order valence-electron chi connectivity index (χ2n) is 6.34. The summed E-state index contributed by atoms with van der Waals surface area (Å²) in [4.78, 5) is 23.5. The summed E-state index contributed by atoms with van der Waals surface area (Å²) in [5, 5.41) is 14.1. The SMILES string of the molecule is NC(=O)c1n[nH]cc1NCc1cccc(NC(=O)Nc2cc(C(F)(F)F)ccc2Cl)c1. The van der Waals surface area contributed by atoms with Crippen molar-refractivity contribution in [2.75, 3.05) is 16.0 Å². The lowest BCUT2D eigenvalue weighted by atomic mass is 10.2. The fraction of sp³-hybridized carbons (Fsp3) is 0.105. The van der Waals surface area contributed by atoms with E-state index in [9.17, 15) is 22.8 Å². The highest BCUT2D eigenvalue weighted by Crippen LogP contribution is 2.33. The van der Waals surface area contributed by atoms with Crippen molar-refractivity contribution in [3.05, 3.63) is 70.5 Å². The van der Waals surface area contributed by atoms with Crippen molar-refractivity contribution in [1.82, 2.24) is 10.2 Å². The average molecular weight is 453 g/mol. The Bertz CT molecular complexity index is 1120. The Balaban J connectivity index is 1.65. The van der Waals surface area contributed by atoms with Crippen LogP contribution < -0.4 is 21.7 Å². The number of rotatable bonds is 6. The van der Waals surface area contributed by atoms with Crippen LogP contribution in [0, 0.1) is 0 Å². The lowest BCUT2D eigenvalue weighted by Gasteiger charge is -2.13. The molecule has 162 valence electrons. The van der Waals surface area contributed by atoms with E-state index in [-0.39, 0.29) is 22.9 Å². The molecule has 0 unspecified atom stereocenters. The van der Waals surface area contributed by atoms with Crippen LogP contribution >= 0.6 is 11.6 Å². The number of H-pyrrole nitrogens is 1. The van der Waals surface area contributed by atoms with Gasteiger partial charge >= 0.3 is 12.2 Å². The zero-order valence-corrected chi connectivity index (χ0v) is 16.4. The van der Waals surface area contributed by atoms with Gasteiger partial charge in [-0.2, -0.15) is 18.3 Å². The van der Waals surface area contributed by atoms with Crippen molar-refractivity contribution < 1.29 is 22.8 Å². The first-order valence-corrected chi connectivity index (χ1v) is 9.12. The number of hydrogen-bond donors (Lipinski definition) is 5. The van der Waals surface area contributed by atoms with Gasteiger partial charge in [-0.05, 0) is 35.9 Å². The van der Waals surface area contributed by atoms with Gasteiger partial charge in [0.05, 0.1) is 22.0 Å². The van der Waals surface area contributed by atoms with Gasteiger partial charge < -0.3 is 21.7 Å². The van der Waals surface area contributed by atoms with E-state index in [4.69, 9.17) is 17.3 Å². The smallest absolute Gasteiger partial charge is 0.378 e. The second kappa shape index (κ2) is 8.96. The van der Waals surface area contributed by atoms with E-state index < -0.39 is 23.7 Å². The molecule has 3 aromatic rings. The van der Waals surface area contributed by atoms with E-state index in [0.717, 1.165) is 23.8 Å². The van der Waals surface area contributed by atoms with E-state index in [0.29, 0.717) is 11.4 Å². The monoisotopic (exact) mass is 452 g/mol. The Morgan fingerprint density at radius 3 is 2.58 bits per heavy atom. The summed E-state index contributed by atoms with van der Waals surface area (Å²) in [6.07, 6.45) is -3.09. The third kappa shape index (κ3) is 5.66. The summed E-state index contributed by atoms with van der Waals surface area (Å²) in [7, 11) is 0. The molecule has 0 fully saturated rings. The van der Waals surface area contributed by atoms with Gasteiger partial charge in [0.15, 0.2) is 5.69 Å². The number of hydrogen-bond acceptors (Lipinski definition) is 4. The molecule has 31 heavy (non-hydrogen) atoms. The van der Waals surface area contributed by atoms with Crippen LogP contribution in [0.25, 0.3) is 0 Å². The van der Waals surface area contributed by atoms with Crippen LogP contribution in [0.1, 0.15) is 21.6 Å². The van der Waals surface area contributed by atoms with Crippen LogP contribution in [0.3, 0.4) is 0 Å². The Morgan fingerprint density at radius 2 is 1.87 bits per heavy atom. The Hall–Kier alpha value is -3.73. The van der Waals surface area contributed by atoms with Crippen LogP contribution in [0.2, 0.25) is 5.02 Å². The molecule has 0 bridgehead atoms. The van der Waals surface area contributed by atoms with Gasteiger partial charge in [-0.3, -0.25) is 9.89 Å². The summed E-state index contributed by atoms with van der Waals surface area (Å²) in [6.45, 7) is 0.288. The Labute approximate surface area is 179 Å². The second-order valence-corrected chi connectivity index (χ2v) is 6.74. The van der Waals surface area contributed by atoms with Gasteiger partial charge in [-0.1, -0.05) is 23.7 Å². The number of aromatic nitrogens is 2. The molecule has 0 saturated heterocycles. The van der Waals surface area contributed by atoms with Crippen LogP contribution in [0.4, 0.5) is 35.0 Å². The average Bonchev–Trinajstić information content (AvgIpc) is 3.16. The number of primary amides is 1. The number of carbonyl (C=O) groups excluding carboxylic acids is 2. The lowest BCUT2D eigenvalue weighted by Crippen LogP contribution is -2.20. The fourth-order valence-electron chi connectivity index (χ4n) is 2.65. The molecular formula is C19H16ClF3N6O2.